The highest BCUT2D eigenvalue weighted by atomic mass is 19.3. The number of rotatable bonds is 2. The van der Waals surface area contributed by atoms with Crippen molar-refractivity contribution in [1.29, 1.82) is 0 Å². The molecule has 0 radical (unpaired) electrons. The Morgan fingerprint density at radius 2 is 2.07 bits per heavy atom. The summed E-state index contributed by atoms with van der Waals surface area (Å²) < 4.78 is 30.8. The number of methoxy groups -OCH3 is 1. The number of hydrogen-bond donors (Lipinski definition) is 0. The predicted octanol–water partition coefficient (Wildman–Crippen LogP) is 0.889. The first-order valence-electron chi connectivity index (χ1n) is 5.18. The summed E-state index contributed by atoms with van der Waals surface area (Å²) in [6, 6.07) is 0. The number of hydrogen-bond acceptors (Lipinski definition) is 2. The van der Waals surface area contributed by atoms with Crippen LogP contribution in [-0.4, -0.2) is 43.0 Å². The summed E-state index contributed by atoms with van der Waals surface area (Å²) in [5, 5.41) is 0. The maximum Gasteiger partial charge on any atom is 0.258 e. The lowest BCUT2D eigenvalue weighted by Gasteiger charge is -2.40. The third-order valence-electron chi connectivity index (χ3n) is 3.86. The lowest BCUT2D eigenvalue weighted by molar-refractivity contribution is -0.144. The summed E-state index contributed by atoms with van der Waals surface area (Å²) in [6.45, 7) is 0.484. The number of halogens is 2. The number of nitrogens with zero attached hydrogens (tertiary/aromatic N) is 1. The van der Waals surface area contributed by atoms with Crippen molar-refractivity contribution in [3.63, 3.8) is 0 Å². The number of alkyl halides is 2. The maximum absolute atomic E-state index is 12.9. The van der Waals surface area contributed by atoms with Crippen LogP contribution >= 0.6 is 0 Å². The van der Waals surface area contributed by atoms with Gasteiger partial charge in [-0.05, 0) is 6.42 Å². The van der Waals surface area contributed by atoms with Crippen molar-refractivity contribution >= 4 is 5.91 Å². The largest absolute Gasteiger partial charge is 0.381 e. The molecule has 1 aliphatic heterocycles. The van der Waals surface area contributed by atoms with E-state index in [1.807, 2.05) is 0 Å². The molecule has 0 unspecified atom stereocenters. The third kappa shape index (κ3) is 1.16. The Morgan fingerprint density at radius 3 is 2.47 bits per heavy atom. The zero-order valence-electron chi connectivity index (χ0n) is 8.50. The molecule has 5 heteroatoms. The Kier molecular flexibility index (Phi) is 1.59. The number of ether oxygens (including phenoxy) is 1. The van der Waals surface area contributed by atoms with Gasteiger partial charge in [0.15, 0.2) is 0 Å². The molecule has 1 saturated heterocycles. The quantitative estimate of drug-likeness (QED) is 0.687. The number of carbonyl (C=O) groups is 1. The van der Waals surface area contributed by atoms with Crippen molar-refractivity contribution in [2.24, 2.45) is 11.3 Å². The molecule has 3 aliphatic rings. The first-order chi connectivity index (χ1) is 6.99. The Morgan fingerprint density at radius 1 is 1.47 bits per heavy atom. The molecule has 1 spiro atoms. The van der Waals surface area contributed by atoms with Crippen LogP contribution in [0.3, 0.4) is 0 Å². The number of likely N-dealkylation sites (tertiary alicyclic amines) is 1. The van der Waals surface area contributed by atoms with Gasteiger partial charge in [0.05, 0.1) is 17.4 Å². The molecule has 0 aromatic carbocycles. The summed E-state index contributed by atoms with van der Waals surface area (Å²) in [5.74, 6) is -2.59. The van der Waals surface area contributed by atoms with Crippen LogP contribution in [0.25, 0.3) is 0 Å². The van der Waals surface area contributed by atoms with E-state index in [0.717, 1.165) is 6.42 Å². The summed E-state index contributed by atoms with van der Waals surface area (Å²) in [5.41, 5.74) is -0.847. The highest BCUT2D eigenvalue weighted by Gasteiger charge is 2.76. The Balaban J connectivity index is 1.54. The van der Waals surface area contributed by atoms with Gasteiger partial charge in [-0.2, -0.15) is 0 Å². The SMILES string of the molecule is CO[C@@H]1C[C@H]1C(=O)N1CC2(C1)CC2(F)F. The first-order valence-corrected chi connectivity index (χ1v) is 5.18. The Hall–Kier alpha value is -0.710. The molecule has 0 N–H and O–H groups in total. The van der Waals surface area contributed by atoms with Crippen LogP contribution in [0.2, 0.25) is 0 Å². The summed E-state index contributed by atoms with van der Waals surface area (Å²) in [6.07, 6.45) is 0.728. The van der Waals surface area contributed by atoms with Gasteiger partial charge in [0.2, 0.25) is 5.91 Å². The van der Waals surface area contributed by atoms with Gasteiger partial charge in [-0.15, -0.1) is 0 Å². The molecule has 0 aromatic rings. The van der Waals surface area contributed by atoms with Gasteiger partial charge in [-0.25, -0.2) is 8.78 Å². The van der Waals surface area contributed by atoms with E-state index in [2.05, 4.69) is 0 Å². The maximum atomic E-state index is 12.9. The van der Waals surface area contributed by atoms with Crippen molar-refractivity contribution in [2.75, 3.05) is 20.2 Å². The fourth-order valence-electron chi connectivity index (χ4n) is 2.49. The highest BCUT2D eigenvalue weighted by Crippen LogP contribution is 2.65. The van der Waals surface area contributed by atoms with E-state index in [-0.39, 0.29) is 37.4 Å². The first kappa shape index (κ1) is 9.51. The van der Waals surface area contributed by atoms with E-state index < -0.39 is 11.3 Å². The molecule has 3 fully saturated rings. The van der Waals surface area contributed by atoms with Crippen LogP contribution in [0.5, 0.6) is 0 Å². The fraction of sp³-hybridized carbons (Fsp3) is 0.900. The van der Waals surface area contributed by atoms with Gasteiger partial charge in [0.1, 0.15) is 0 Å². The van der Waals surface area contributed by atoms with E-state index in [1.165, 1.54) is 0 Å². The smallest absolute Gasteiger partial charge is 0.258 e. The standard InChI is InChI=1S/C10H13F2NO2/c1-15-7-2-6(7)8(14)13-4-9(5-13)3-10(9,11)12/h6-7H,2-5H2,1H3/t6-,7-/m1/s1. The average Bonchev–Trinajstić information content (AvgIpc) is 2.95. The Labute approximate surface area is 86.4 Å². The molecule has 2 saturated carbocycles. The second-order valence-electron chi connectivity index (χ2n) is 4.97. The molecule has 3 nitrogen and oxygen atoms in total. The monoisotopic (exact) mass is 217 g/mol. The third-order valence-corrected chi connectivity index (χ3v) is 3.86. The normalized spacial score (nSPS) is 38.7. The van der Waals surface area contributed by atoms with Crippen LogP contribution in [0.4, 0.5) is 8.78 Å². The van der Waals surface area contributed by atoms with Gasteiger partial charge < -0.3 is 9.64 Å². The van der Waals surface area contributed by atoms with Crippen molar-refractivity contribution in [3.8, 4) is 0 Å². The molecule has 3 rings (SSSR count). The highest BCUT2D eigenvalue weighted by molar-refractivity contribution is 5.83. The van der Waals surface area contributed by atoms with Crippen LogP contribution < -0.4 is 0 Å². The fourth-order valence-corrected chi connectivity index (χ4v) is 2.49. The Bertz CT molecular complexity index is 325. The molecule has 0 aromatic heterocycles. The molecular weight excluding hydrogens is 204 g/mol. The van der Waals surface area contributed by atoms with Crippen LogP contribution in [0.1, 0.15) is 12.8 Å². The van der Waals surface area contributed by atoms with Crippen molar-refractivity contribution in [2.45, 2.75) is 24.9 Å². The molecule has 1 amide bonds. The molecular formula is C10H13F2NO2. The summed E-state index contributed by atoms with van der Waals surface area (Å²) >= 11 is 0. The topological polar surface area (TPSA) is 29.5 Å². The van der Waals surface area contributed by atoms with E-state index >= 15 is 0 Å². The lowest BCUT2D eigenvalue weighted by atomic mass is 9.95. The van der Waals surface area contributed by atoms with E-state index in [1.54, 1.807) is 12.0 Å². The predicted molar refractivity (Wildman–Crippen MR) is 47.5 cm³/mol. The van der Waals surface area contributed by atoms with Crippen molar-refractivity contribution < 1.29 is 18.3 Å². The van der Waals surface area contributed by atoms with Crippen LogP contribution in [0.15, 0.2) is 0 Å². The van der Waals surface area contributed by atoms with E-state index in [0.29, 0.717) is 0 Å². The molecule has 2 aliphatic carbocycles. The second kappa shape index (κ2) is 2.51. The van der Waals surface area contributed by atoms with Gasteiger partial charge in [-0.1, -0.05) is 0 Å². The minimum absolute atomic E-state index is 0.00447. The molecule has 2 atom stereocenters. The second-order valence-corrected chi connectivity index (χ2v) is 4.97. The minimum Gasteiger partial charge on any atom is -0.381 e. The van der Waals surface area contributed by atoms with Crippen LogP contribution in [0, 0.1) is 11.3 Å². The molecule has 84 valence electrons. The van der Waals surface area contributed by atoms with Crippen molar-refractivity contribution in [1.82, 2.24) is 4.90 Å². The van der Waals surface area contributed by atoms with Gasteiger partial charge in [0, 0.05) is 26.6 Å². The number of amides is 1. The molecule has 1 heterocycles. The van der Waals surface area contributed by atoms with Gasteiger partial charge in [-0.3, -0.25) is 4.79 Å². The van der Waals surface area contributed by atoms with E-state index in [4.69, 9.17) is 4.74 Å². The summed E-state index contributed by atoms with van der Waals surface area (Å²) in [4.78, 5) is 13.2. The zero-order valence-corrected chi connectivity index (χ0v) is 8.50. The van der Waals surface area contributed by atoms with Gasteiger partial charge >= 0.3 is 0 Å². The molecule has 15 heavy (non-hydrogen) atoms. The lowest BCUT2D eigenvalue weighted by Crippen LogP contribution is -2.54. The summed E-state index contributed by atoms with van der Waals surface area (Å²) in [7, 11) is 1.57. The van der Waals surface area contributed by atoms with E-state index in [9.17, 15) is 13.6 Å². The van der Waals surface area contributed by atoms with Crippen LogP contribution in [-0.2, 0) is 9.53 Å². The zero-order chi connectivity index (χ0) is 10.8. The van der Waals surface area contributed by atoms with Crippen molar-refractivity contribution in [3.05, 3.63) is 0 Å². The van der Waals surface area contributed by atoms with Gasteiger partial charge in [0.25, 0.3) is 5.92 Å². The minimum atomic E-state index is -2.52. The molecule has 0 bridgehead atoms. The number of carbonyl (C=O) groups excluding carboxylic acids is 1. The average molecular weight is 217 g/mol.